The number of hydrogen-bond donors (Lipinski definition) is 0. The minimum atomic E-state index is 0.0315. The van der Waals surface area contributed by atoms with Crippen LogP contribution < -0.4 is 9.47 Å². The predicted molar refractivity (Wildman–Crippen MR) is 145 cm³/mol. The largest absolute Gasteiger partial charge is 0.495 e. The Bertz CT molecular complexity index is 1740. The molecule has 0 aromatic heterocycles. The molecule has 0 spiro atoms. The summed E-state index contributed by atoms with van der Waals surface area (Å²) in [5.41, 5.74) is 2.94. The van der Waals surface area contributed by atoms with Crippen molar-refractivity contribution >= 4 is 48.9 Å². The van der Waals surface area contributed by atoms with Gasteiger partial charge < -0.3 is 9.47 Å². The molecular formula is C32H24O3. The summed E-state index contributed by atoms with van der Waals surface area (Å²) in [6.45, 7) is 1.60. The van der Waals surface area contributed by atoms with Gasteiger partial charge in [-0.15, -0.1) is 0 Å². The van der Waals surface area contributed by atoms with Crippen LogP contribution in [0, 0.1) is 0 Å². The van der Waals surface area contributed by atoms with Gasteiger partial charge in [0, 0.05) is 27.1 Å². The topological polar surface area (TPSA) is 35.5 Å². The van der Waals surface area contributed by atoms with Crippen molar-refractivity contribution in [2.24, 2.45) is 0 Å². The summed E-state index contributed by atoms with van der Waals surface area (Å²) >= 11 is 0. The van der Waals surface area contributed by atoms with E-state index in [2.05, 4.69) is 60.7 Å². The molecule has 0 fully saturated rings. The molecule has 6 aromatic carbocycles. The maximum Gasteiger partial charge on any atom is 0.159 e. The first kappa shape index (κ1) is 21.2. The van der Waals surface area contributed by atoms with Crippen LogP contribution in [0.2, 0.25) is 0 Å². The fourth-order valence-electron chi connectivity index (χ4n) is 5.43. The average Bonchev–Trinajstić information content (AvgIpc) is 2.90. The van der Waals surface area contributed by atoms with E-state index >= 15 is 0 Å². The van der Waals surface area contributed by atoms with Gasteiger partial charge in [0.1, 0.15) is 11.5 Å². The fourth-order valence-corrected chi connectivity index (χ4v) is 5.43. The highest BCUT2D eigenvalue weighted by Gasteiger charge is 2.22. The Balaban J connectivity index is 1.92. The zero-order valence-corrected chi connectivity index (χ0v) is 19.9. The van der Waals surface area contributed by atoms with Gasteiger partial charge in [0.2, 0.25) is 0 Å². The maximum atomic E-state index is 12.3. The van der Waals surface area contributed by atoms with Gasteiger partial charge in [0.05, 0.1) is 14.2 Å². The highest BCUT2D eigenvalue weighted by molar-refractivity contribution is 6.26. The van der Waals surface area contributed by atoms with E-state index in [9.17, 15) is 4.79 Å². The summed E-state index contributed by atoms with van der Waals surface area (Å²) in [4.78, 5) is 12.3. The molecule has 0 aliphatic rings. The van der Waals surface area contributed by atoms with Crippen molar-refractivity contribution in [2.45, 2.75) is 6.92 Å². The second kappa shape index (κ2) is 8.14. The number of carbonyl (C=O) groups is 1. The monoisotopic (exact) mass is 456 g/mol. The molecule has 0 unspecified atom stereocenters. The molecule has 6 aromatic rings. The van der Waals surface area contributed by atoms with Crippen LogP contribution in [0.5, 0.6) is 11.5 Å². The van der Waals surface area contributed by atoms with Gasteiger partial charge in [0.15, 0.2) is 5.78 Å². The number of hydrogen-bond acceptors (Lipinski definition) is 3. The van der Waals surface area contributed by atoms with Crippen LogP contribution in [0.3, 0.4) is 0 Å². The van der Waals surface area contributed by atoms with Gasteiger partial charge in [-0.1, -0.05) is 84.9 Å². The Morgan fingerprint density at radius 3 is 1.29 bits per heavy atom. The summed E-state index contributed by atoms with van der Waals surface area (Å²) < 4.78 is 11.9. The third-order valence-corrected chi connectivity index (χ3v) is 6.92. The molecule has 0 amide bonds. The molecule has 0 aliphatic carbocycles. The van der Waals surface area contributed by atoms with Crippen LogP contribution in [0.1, 0.15) is 17.3 Å². The lowest BCUT2D eigenvalue weighted by Gasteiger charge is -2.21. The van der Waals surface area contributed by atoms with E-state index in [0.717, 1.165) is 65.7 Å². The number of rotatable bonds is 4. The first-order chi connectivity index (χ1) is 17.1. The number of ketones is 1. The Morgan fingerprint density at radius 1 is 0.514 bits per heavy atom. The number of Topliss-reactive ketones (excluding diaryl/α,β-unsaturated/α-hetero) is 1. The summed E-state index contributed by atoms with van der Waals surface area (Å²) in [7, 11) is 3.43. The first-order valence-electron chi connectivity index (χ1n) is 11.6. The lowest BCUT2D eigenvalue weighted by atomic mass is 9.85. The molecule has 0 aliphatic heterocycles. The number of carbonyl (C=O) groups excluding carboxylic acids is 1. The van der Waals surface area contributed by atoms with Crippen molar-refractivity contribution in [3.8, 4) is 22.6 Å². The molecule has 6 rings (SSSR count). The van der Waals surface area contributed by atoms with Crippen molar-refractivity contribution in [3.63, 3.8) is 0 Å². The smallest absolute Gasteiger partial charge is 0.159 e. The highest BCUT2D eigenvalue weighted by atomic mass is 16.5. The Kier molecular flexibility index (Phi) is 4.93. The van der Waals surface area contributed by atoms with E-state index in [0.29, 0.717) is 5.56 Å². The van der Waals surface area contributed by atoms with Crippen molar-refractivity contribution < 1.29 is 14.3 Å². The standard InChI is InChI=1S/C32H24O3/c1-19(33)20-16-17-24-28(18-20)32(35-3)27-15-9-6-12-23(27)30(24)29-21-10-4-7-13-25(21)31(34-2)26-14-8-5-11-22(26)29/h4-18H,1-3H3. The highest BCUT2D eigenvalue weighted by Crippen LogP contribution is 2.49. The molecule has 170 valence electrons. The Hall–Kier alpha value is -4.37. The zero-order chi connectivity index (χ0) is 24.1. The number of methoxy groups -OCH3 is 2. The molecule has 0 N–H and O–H groups in total. The van der Waals surface area contributed by atoms with Crippen LogP contribution in [0.25, 0.3) is 54.2 Å². The molecule has 3 nitrogen and oxygen atoms in total. The van der Waals surface area contributed by atoms with Crippen molar-refractivity contribution in [2.75, 3.05) is 14.2 Å². The van der Waals surface area contributed by atoms with E-state index < -0.39 is 0 Å². The van der Waals surface area contributed by atoms with Gasteiger partial charge in [-0.3, -0.25) is 4.79 Å². The molecule has 0 saturated carbocycles. The summed E-state index contributed by atoms with van der Waals surface area (Å²) in [5, 5.41) is 8.47. The van der Waals surface area contributed by atoms with Crippen LogP contribution in [0.15, 0.2) is 91.0 Å². The second-order valence-electron chi connectivity index (χ2n) is 8.77. The van der Waals surface area contributed by atoms with Gasteiger partial charge >= 0.3 is 0 Å². The van der Waals surface area contributed by atoms with Crippen LogP contribution in [0.4, 0.5) is 0 Å². The maximum absolute atomic E-state index is 12.3. The second-order valence-corrected chi connectivity index (χ2v) is 8.77. The van der Waals surface area contributed by atoms with Gasteiger partial charge in [-0.05, 0) is 45.7 Å². The van der Waals surface area contributed by atoms with E-state index in [4.69, 9.17) is 9.47 Å². The molecule has 0 atom stereocenters. The molecule has 35 heavy (non-hydrogen) atoms. The minimum absolute atomic E-state index is 0.0315. The Labute approximate surface area is 203 Å². The van der Waals surface area contributed by atoms with Gasteiger partial charge in [-0.2, -0.15) is 0 Å². The number of benzene rings is 6. The zero-order valence-electron chi connectivity index (χ0n) is 19.9. The average molecular weight is 457 g/mol. The lowest BCUT2D eigenvalue weighted by Crippen LogP contribution is -1.97. The first-order valence-corrected chi connectivity index (χ1v) is 11.6. The van der Waals surface area contributed by atoms with Crippen LogP contribution in [-0.4, -0.2) is 20.0 Å². The predicted octanol–water partition coefficient (Wildman–Crippen LogP) is 8.19. The summed E-state index contributed by atoms with van der Waals surface area (Å²) in [6.07, 6.45) is 0. The van der Waals surface area contributed by atoms with Gasteiger partial charge in [-0.25, -0.2) is 0 Å². The summed E-state index contributed by atoms with van der Waals surface area (Å²) in [6, 6.07) is 31.1. The third kappa shape index (κ3) is 3.08. The molecule has 3 heteroatoms. The SMILES string of the molecule is COc1c2ccccc2c(-c2c3ccccc3c(OC)c3cc(C(C)=O)ccc23)c2ccccc12. The fraction of sp³-hybridized carbons (Fsp3) is 0.0938. The molecular weight excluding hydrogens is 432 g/mol. The van der Waals surface area contributed by atoms with E-state index in [1.807, 2.05) is 30.3 Å². The van der Waals surface area contributed by atoms with E-state index in [-0.39, 0.29) is 5.78 Å². The van der Waals surface area contributed by atoms with Crippen molar-refractivity contribution in [1.29, 1.82) is 0 Å². The molecule has 0 heterocycles. The normalized spacial score (nSPS) is 11.4. The van der Waals surface area contributed by atoms with Crippen molar-refractivity contribution in [1.82, 2.24) is 0 Å². The van der Waals surface area contributed by atoms with E-state index in [1.54, 1.807) is 21.1 Å². The molecule has 0 radical (unpaired) electrons. The summed E-state index contributed by atoms with van der Waals surface area (Å²) in [5.74, 6) is 1.69. The number of ether oxygens (including phenoxy) is 2. The number of fused-ring (bicyclic) bond motifs is 4. The Morgan fingerprint density at radius 2 is 0.886 bits per heavy atom. The van der Waals surface area contributed by atoms with E-state index in [1.165, 1.54) is 0 Å². The lowest BCUT2D eigenvalue weighted by molar-refractivity contribution is 0.101. The van der Waals surface area contributed by atoms with Gasteiger partial charge in [0.25, 0.3) is 0 Å². The third-order valence-electron chi connectivity index (χ3n) is 6.92. The quantitative estimate of drug-likeness (QED) is 0.198. The van der Waals surface area contributed by atoms with Crippen LogP contribution >= 0.6 is 0 Å². The molecule has 0 bridgehead atoms. The minimum Gasteiger partial charge on any atom is -0.495 e. The molecule has 0 saturated heterocycles. The van der Waals surface area contributed by atoms with Crippen molar-refractivity contribution in [3.05, 3.63) is 96.6 Å². The van der Waals surface area contributed by atoms with Crippen LogP contribution in [-0.2, 0) is 0 Å².